The normalized spacial score (nSPS) is 13.7. The molecule has 0 spiro atoms. The number of hydrogen-bond donors (Lipinski definition) is 1. The highest BCUT2D eigenvalue weighted by atomic mass is 35.5. The van der Waals surface area contributed by atoms with E-state index in [0.29, 0.717) is 10.7 Å². The number of halogens is 4. The third-order valence-electron chi connectivity index (χ3n) is 3.19. The Morgan fingerprint density at radius 1 is 1.25 bits per heavy atom. The molecule has 0 fully saturated rings. The second-order valence-corrected chi connectivity index (χ2v) is 5.47. The predicted molar refractivity (Wildman–Crippen MR) is 77.5 cm³/mol. The Hall–Kier alpha value is -0.940. The zero-order valence-electron chi connectivity index (χ0n) is 12.1. The molecule has 0 aromatic heterocycles. The summed E-state index contributed by atoms with van der Waals surface area (Å²) in [5.74, 6) is 0. The van der Waals surface area contributed by atoms with Gasteiger partial charge in [-0.25, -0.2) is 0 Å². The van der Waals surface area contributed by atoms with Crippen molar-refractivity contribution in [2.24, 2.45) is 0 Å². The zero-order valence-corrected chi connectivity index (χ0v) is 12.8. The van der Waals surface area contributed by atoms with Crippen LogP contribution in [0, 0.1) is 0 Å². The minimum Gasteiger partial charge on any atom is -0.359 e. The van der Waals surface area contributed by atoms with Crippen LogP contribution in [0.25, 0.3) is 0 Å². The van der Waals surface area contributed by atoms with Crippen molar-refractivity contribution < 1.29 is 13.2 Å². The molecular formula is C14H20ClF3N2. The number of benzene rings is 1. The van der Waals surface area contributed by atoms with E-state index in [1.54, 1.807) is 32.0 Å². The maximum absolute atomic E-state index is 12.7. The minimum absolute atomic E-state index is 0.0941. The van der Waals surface area contributed by atoms with Gasteiger partial charge in [-0.1, -0.05) is 17.7 Å². The number of nitrogens with one attached hydrogen (secondary N) is 1. The number of rotatable bonds is 5. The standard InChI is InChI=1S/C14H20ClF3N2/c1-9(2)20(8-14(16,17)18)13-6-5-11(7-12(13)15)10(3)19-4/h5-7,9-10,19H,8H2,1-4H3. The summed E-state index contributed by atoms with van der Waals surface area (Å²) in [5.41, 5.74) is 1.35. The van der Waals surface area contributed by atoms with Crippen LogP contribution in [0.15, 0.2) is 18.2 Å². The van der Waals surface area contributed by atoms with Crippen LogP contribution in [-0.4, -0.2) is 25.8 Å². The molecule has 1 aromatic carbocycles. The quantitative estimate of drug-likeness (QED) is 0.867. The third kappa shape index (κ3) is 4.56. The molecule has 0 radical (unpaired) electrons. The average Bonchev–Trinajstić information content (AvgIpc) is 2.34. The molecule has 0 aliphatic heterocycles. The number of alkyl halides is 3. The molecule has 114 valence electrons. The molecule has 1 unspecified atom stereocenters. The predicted octanol–water partition coefficient (Wildman–Crippen LogP) is 4.40. The van der Waals surface area contributed by atoms with Gasteiger partial charge in [-0.05, 0) is 45.5 Å². The van der Waals surface area contributed by atoms with Crippen molar-refractivity contribution in [3.8, 4) is 0 Å². The number of anilines is 1. The molecule has 6 heteroatoms. The maximum Gasteiger partial charge on any atom is 0.405 e. The van der Waals surface area contributed by atoms with Gasteiger partial charge in [0, 0.05) is 12.1 Å². The SMILES string of the molecule is CNC(C)c1ccc(N(CC(F)(F)F)C(C)C)c(Cl)c1. The first-order chi connectivity index (χ1) is 9.15. The molecule has 0 bridgehead atoms. The summed E-state index contributed by atoms with van der Waals surface area (Å²) < 4.78 is 38.0. The van der Waals surface area contributed by atoms with Gasteiger partial charge in [-0.3, -0.25) is 0 Å². The lowest BCUT2D eigenvalue weighted by Crippen LogP contribution is -2.39. The Bertz CT molecular complexity index is 447. The molecule has 0 aliphatic carbocycles. The van der Waals surface area contributed by atoms with Gasteiger partial charge in [-0.15, -0.1) is 0 Å². The van der Waals surface area contributed by atoms with E-state index in [9.17, 15) is 13.2 Å². The van der Waals surface area contributed by atoms with Crippen LogP contribution in [0.1, 0.15) is 32.4 Å². The topological polar surface area (TPSA) is 15.3 Å². The molecule has 0 heterocycles. The van der Waals surface area contributed by atoms with E-state index in [-0.39, 0.29) is 12.1 Å². The molecule has 0 aliphatic rings. The Morgan fingerprint density at radius 3 is 2.25 bits per heavy atom. The highest BCUT2D eigenvalue weighted by molar-refractivity contribution is 6.33. The summed E-state index contributed by atoms with van der Waals surface area (Å²) >= 11 is 6.16. The third-order valence-corrected chi connectivity index (χ3v) is 3.49. The fourth-order valence-corrected chi connectivity index (χ4v) is 2.23. The Kier molecular flexibility index (Phi) is 5.71. The van der Waals surface area contributed by atoms with Gasteiger partial charge in [0.05, 0.1) is 10.7 Å². The van der Waals surface area contributed by atoms with Crippen LogP contribution in [0.3, 0.4) is 0 Å². The highest BCUT2D eigenvalue weighted by Gasteiger charge is 2.32. The largest absolute Gasteiger partial charge is 0.405 e. The van der Waals surface area contributed by atoms with Gasteiger partial charge in [0.25, 0.3) is 0 Å². The van der Waals surface area contributed by atoms with Crippen molar-refractivity contribution >= 4 is 17.3 Å². The molecule has 1 rings (SSSR count). The van der Waals surface area contributed by atoms with Crippen LogP contribution in [0.5, 0.6) is 0 Å². The molecule has 0 amide bonds. The summed E-state index contributed by atoms with van der Waals surface area (Å²) in [7, 11) is 1.82. The van der Waals surface area contributed by atoms with Crippen molar-refractivity contribution in [1.82, 2.24) is 5.32 Å². The second-order valence-electron chi connectivity index (χ2n) is 5.06. The molecule has 1 N–H and O–H groups in total. The smallest absolute Gasteiger partial charge is 0.359 e. The molecule has 20 heavy (non-hydrogen) atoms. The number of nitrogens with zero attached hydrogens (tertiary/aromatic N) is 1. The van der Waals surface area contributed by atoms with Gasteiger partial charge in [-0.2, -0.15) is 13.2 Å². The van der Waals surface area contributed by atoms with Gasteiger partial charge in [0.2, 0.25) is 0 Å². The van der Waals surface area contributed by atoms with Gasteiger partial charge < -0.3 is 10.2 Å². The Labute approximate surface area is 122 Å². The summed E-state index contributed by atoms with van der Waals surface area (Å²) in [6.07, 6.45) is -4.26. The van der Waals surface area contributed by atoms with Gasteiger partial charge in [0.15, 0.2) is 0 Å². The van der Waals surface area contributed by atoms with E-state index >= 15 is 0 Å². The summed E-state index contributed by atoms with van der Waals surface area (Å²) in [6.45, 7) is 4.38. The van der Waals surface area contributed by atoms with E-state index < -0.39 is 12.7 Å². The zero-order chi connectivity index (χ0) is 15.5. The fraction of sp³-hybridized carbons (Fsp3) is 0.571. The summed E-state index contributed by atoms with van der Waals surface area (Å²) in [5, 5.41) is 3.40. The number of hydrogen-bond acceptors (Lipinski definition) is 2. The van der Waals surface area contributed by atoms with Crippen LogP contribution >= 0.6 is 11.6 Å². The lowest BCUT2D eigenvalue weighted by atomic mass is 10.1. The molecular weight excluding hydrogens is 289 g/mol. The first-order valence-electron chi connectivity index (χ1n) is 6.45. The summed E-state index contributed by atoms with van der Waals surface area (Å²) in [4.78, 5) is 1.26. The fourth-order valence-electron chi connectivity index (χ4n) is 1.93. The minimum atomic E-state index is -4.26. The van der Waals surface area contributed by atoms with Crippen LogP contribution in [0.4, 0.5) is 18.9 Å². The van der Waals surface area contributed by atoms with Gasteiger partial charge >= 0.3 is 6.18 Å². The van der Waals surface area contributed by atoms with Crippen molar-refractivity contribution in [3.63, 3.8) is 0 Å². The molecule has 0 saturated heterocycles. The van der Waals surface area contributed by atoms with E-state index in [1.165, 1.54) is 4.90 Å². The molecule has 0 saturated carbocycles. The van der Waals surface area contributed by atoms with E-state index in [1.807, 2.05) is 14.0 Å². The average molecular weight is 309 g/mol. The van der Waals surface area contributed by atoms with Gasteiger partial charge in [0.1, 0.15) is 6.54 Å². The second kappa shape index (κ2) is 6.68. The van der Waals surface area contributed by atoms with Crippen molar-refractivity contribution in [3.05, 3.63) is 28.8 Å². The van der Waals surface area contributed by atoms with E-state index in [4.69, 9.17) is 11.6 Å². The maximum atomic E-state index is 12.7. The van der Waals surface area contributed by atoms with Crippen LogP contribution in [0.2, 0.25) is 5.02 Å². The molecule has 2 nitrogen and oxygen atoms in total. The lowest BCUT2D eigenvalue weighted by molar-refractivity contribution is -0.120. The lowest BCUT2D eigenvalue weighted by Gasteiger charge is -2.31. The van der Waals surface area contributed by atoms with E-state index in [2.05, 4.69) is 5.32 Å². The first kappa shape index (κ1) is 17.1. The van der Waals surface area contributed by atoms with E-state index in [0.717, 1.165) is 5.56 Å². The van der Waals surface area contributed by atoms with Crippen molar-refractivity contribution in [2.75, 3.05) is 18.5 Å². The Morgan fingerprint density at radius 2 is 1.85 bits per heavy atom. The van der Waals surface area contributed by atoms with Crippen molar-refractivity contribution in [1.29, 1.82) is 0 Å². The first-order valence-corrected chi connectivity index (χ1v) is 6.83. The Balaban J connectivity index is 3.09. The van der Waals surface area contributed by atoms with Crippen molar-refractivity contribution in [2.45, 2.75) is 39.0 Å². The molecule has 1 atom stereocenters. The van der Waals surface area contributed by atoms with Crippen LogP contribution < -0.4 is 10.2 Å². The summed E-state index contributed by atoms with van der Waals surface area (Å²) in [6, 6.07) is 4.97. The highest BCUT2D eigenvalue weighted by Crippen LogP contribution is 2.32. The monoisotopic (exact) mass is 308 g/mol. The molecule has 1 aromatic rings. The van der Waals surface area contributed by atoms with Crippen LogP contribution in [-0.2, 0) is 0 Å².